The normalized spacial score (nSPS) is 29.5. The Morgan fingerprint density at radius 3 is 2.18 bits per heavy atom. The molecule has 180 valence electrons. The lowest BCUT2D eigenvalue weighted by Crippen LogP contribution is -2.70. The van der Waals surface area contributed by atoms with Crippen molar-refractivity contribution in [3.63, 3.8) is 0 Å². The van der Waals surface area contributed by atoms with Crippen molar-refractivity contribution < 1.29 is 31.9 Å². The molecule has 6 rings (SSSR count). The van der Waals surface area contributed by atoms with Crippen LogP contribution in [0.3, 0.4) is 0 Å². The molecular formula is C22H21F4N5O3. The number of aromatic nitrogens is 3. The Bertz CT molecular complexity index is 1090. The molecule has 4 aliphatic rings. The van der Waals surface area contributed by atoms with E-state index in [4.69, 9.17) is 4.74 Å². The number of hydrogen-bond donors (Lipinski definition) is 2. The maximum Gasteiger partial charge on any atom is 0.434 e. The minimum atomic E-state index is -4.64. The molecule has 0 radical (unpaired) electrons. The van der Waals surface area contributed by atoms with E-state index < -0.39 is 40.8 Å². The minimum Gasteiger partial charge on any atom is -0.390 e. The highest BCUT2D eigenvalue weighted by Crippen LogP contribution is 2.57. The summed E-state index contributed by atoms with van der Waals surface area (Å²) in [6.45, 7) is 0. The van der Waals surface area contributed by atoms with Crippen molar-refractivity contribution in [2.75, 3.05) is 0 Å². The van der Waals surface area contributed by atoms with Gasteiger partial charge in [-0.3, -0.25) is 4.79 Å². The topological polar surface area (TPSA) is 106 Å². The fourth-order valence-corrected chi connectivity index (χ4v) is 6.22. The van der Waals surface area contributed by atoms with Crippen LogP contribution >= 0.6 is 0 Å². The smallest absolute Gasteiger partial charge is 0.390 e. The van der Waals surface area contributed by atoms with Crippen LogP contribution in [0.25, 0.3) is 0 Å². The van der Waals surface area contributed by atoms with Crippen LogP contribution in [0.5, 0.6) is 5.88 Å². The molecule has 2 heterocycles. The molecule has 2 N–H and O–H groups in total. The van der Waals surface area contributed by atoms with E-state index >= 15 is 0 Å². The van der Waals surface area contributed by atoms with E-state index in [1.165, 1.54) is 12.1 Å². The quantitative estimate of drug-likeness (QED) is 0.649. The highest BCUT2D eigenvalue weighted by atomic mass is 19.4. The summed E-state index contributed by atoms with van der Waals surface area (Å²) < 4.78 is 56.2. The lowest BCUT2D eigenvalue weighted by molar-refractivity contribution is -0.141. The Morgan fingerprint density at radius 2 is 1.62 bits per heavy atom. The SMILES string of the molecule is O=C(NC12CC3CC(C1)CC(NC(=O)c1ccc(F)cn1)(C3)C2)Oc1cnc(C(F)(F)F)cn1. The molecule has 2 unspecified atom stereocenters. The van der Waals surface area contributed by atoms with Gasteiger partial charge in [-0.15, -0.1) is 0 Å². The molecule has 0 aromatic carbocycles. The standard InChI is InChI=1S/C22H21F4N5O3/c23-14-1-2-15(27-8-14)18(32)30-20-4-12-3-13(5-20)7-21(6-12,11-20)31-19(33)34-17-10-28-16(9-29-17)22(24,25)26/h1-2,8-10,12-13H,3-7,11H2,(H,30,32)(H,31,33). The number of rotatable bonds is 4. The molecule has 2 amide bonds. The van der Waals surface area contributed by atoms with E-state index in [1.807, 2.05) is 0 Å². The van der Waals surface area contributed by atoms with Crippen LogP contribution in [0.1, 0.15) is 54.7 Å². The van der Waals surface area contributed by atoms with E-state index in [1.54, 1.807) is 0 Å². The number of amides is 2. The molecule has 2 aromatic rings. The molecular weight excluding hydrogens is 458 g/mol. The molecule has 4 aliphatic carbocycles. The summed E-state index contributed by atoms with van der Waals surface area (Å²) in [7, 11) is 0. The van der Waals surface area contributed by atoms with Crippen LogP contribution in [-0.2, 0) is 6.18 Å². The van der Waals surface area contributed by atoms with Crippen molar-refractivity contribution in [1.82, 2.24) is 25.6 Å². The molecule has 4 fully saturated rings. The highest BCUT2D eigenvalue weighted by Gasteiger charge is 2.59. The molecule has 34 heavy (non-hydrogen) atoms. The van der Waals surface area contributed by atoms with E-state index in [-0.39, 0.29) is 23.4 Å². The molecule has 0 spiro atoms. The van der Waals surface area contributed by atoms with Crippen LogP contribution in [0.2, 0.25) is 0 Å². The molecule has 4 bridgehead atoms. The summed E-state index contributed by atoms with van der Waals surface area (Å²) in [5.74, 6) is -0.714. The first kappa shape index (κ1) is 22.5. The molecule has 2 atom stereocenters. The third-order valence-electron chi connectivity index (χ3n) is 6.88. The lowest BCUT2D eigenvalue weighted by Gasteiger charge is -2.61. The minimum absolute atomic E-state index is 0.111. The number of nitrogens with one attached hydrogen (secondary N) is 2. The average molecular weight is 479 g/mol. The molecule has 8 nitrogen and oxygen atoms in total. The lowest BCUT2D eigenvalue weighted by atomic mass is 9.50. The van der Waals surface area contributed by atoms with Crippen molar-refractivity contribution in [3.05, 3.63) is 47.9 Å². The second-order valence-corrected chi connectivity index (χ2v) is 9.59. The van der Waals surface area contributed by atoms with Crippen molar-refractivity contribution in [2.24, 2.45) is 11.8 Å². The fourth-order valence-electron chi connectivity index (χ4n) is 6.22. The Morgan fingerprint density at radius 1 is 0.941 bits per heavy atom. The van der Waals surface area contributed by atoms with Gasteiger partial charge in [0.1, 0.15) is 11.5 Å². The van der Waals surface area contributed by atoms with Crippen LogP contribution in [0, 0.1) is 17.7 Å². The summed E-state index contributed by atoms with van der Waals surface area (Å²) in [4.78, 5) is 36.0. The van der Waals surface area contributed by atoms with Gasteiger partial charge in [-0.1, -0.05) is 0 Å². The summed E-state index contributed by atoms with van der Waals surface area (Å²) in [5.41, 5.74) is -2.24. The van der Waals surface area contributed by atoms with Gasteiger partial charge in [-0.25, -0.2) is 24.1 Å². The zero-order chi connectivity index (χ0) is 24.1. The number of pyridine rings is 1. The molecule has 2 aromatic heterocycles. The summed E-state index contributed by atoms with van der Waals surface area (Å²) >= 11 is 0. The summed E-state index contributed by atoms with van der Waals surface area (Å²) in [6, 6.07) is 2.49. The number of carbonyl (C=O) groups is 2. The molecule has 0 aliphatic heterocycles. The van der Waals surface area contributed by atoms with Crippen molar-refractivity contribution >= 4 is 12.0 Å². The maximum atomic E-state index is 13.2. The predicted octanol–water partition coefficient (Wildman–Crippen LogP) is 3.64. The van der Waals surface area contributed by atoms with E-state index in [2.05, 4.69) is 25.6 Å². The molecule has 12 heteroatoms. The second kappa shape index (κ2) is 7.88. The number of alkyl halides is 3. The molecule has 4 saturated carbocycles. The van der Waals surface area contributed by atoms with Crippen LogP contribution in [-0.4, -0.2) is 38.0 Å². The van der Waals surface area contributed by atoms with Gasteiger partial charge in [0.15, 0.2) is 5.69 Å². The van der Waals surface area contributed by atoms with Crippen molar-refractivity contribution in [1.29, 1.82) is 0 Å². The van der Waals surface area contributed by atoms with Gasteiger partial charge < -0.3 is 15.4 Å². The number of nitrogens with zero attached hydrogens (tertiary/aromatic N) is 3. The van der Waals surface area contributed by atoms with Crippen molar-refractivity contribution in [2.45, 2.75) is 55.8 Å². The zero-order valence-corrected chi connectivity index (χ0v) is 17.9. The van der Waals surface area contributed by atoms with Crippen molar-refractivity contribution in [3.8, 4) is 5.88 Å². The Hall–Kier alpha value is -3.31. The first-order valence-electron chi connectivity index (χ1n) is 10.9. The van der Waals surface area contributed by atoms with E-state index in [0.717, 1.165) is 31.7 Å². The first-order chi connectivity index (χ1) is 16.0. The number of carbonyl (C=O) groups excluding carboxylic acids is 2. The predicted molar refractivity (Wildman–Crippen MR) is 108 cm³/mol. The van der Waals surface area contributed by atoms with Gasteiger partial charge in [-0.2, -0.15) is 13.2 Å². The number of hydrogen-bond acceptors (Lipinski definition) is 6. The third-order valence-corrected chi connectivity index (χ3v) is 6.88. The third kappa shape index (κ3) is 4.40. The van der Waals surface area contributed by atoms with Gasteiger partial charge in [0.2, 0.25) is 5.88 Å². The van der Waals surface area contributed by atoms with Gasteiger partial charge >= 0.3 is 12.3 Å². The van der Waals surface area contributed by atoms with Gasteiger partial charge in [0, 0.05) is 11.1 Å². The zero-order valence-electron chi connectivity index (χ0n) is 17.9. The summed E-state index contributed by atoms with van der Waals surface area (Å²) in [5, 5.41) is 5.98. The Kier molecular flexibility index (Phi) is 5.21. The van der Waals surface area contributed by atoms with Crippen LogP contribution < -0.4 is 15.4 Å². The maximum absolute atomic E-state index is 13.2. The van der Waals surface area contributed by atoms with Gasteiger partial charge in [-0.05, 0) is 62.5 Å². The Labute approximate surface area is 191 Å². The van der Waals surface area contributed by atoms with E-state index in [0.29, 0.717) is 25.5 Å². The van der Waals surface area contributed by atoms with E-state index in [9.17, 15) is 27.2 Å². The fraction of sp³-hybridized carbons (Fsp3) is 0.500. The Balaban J connectivity index is 1.28. The number of halogens is 4. The highest BCUT2D eigenvalue weighted by molar-refractivity contribution is 5.92. The monoisotopic (exact) mass is 479 g/mol. The largest absolute Gasteiger partial charge is 0.434 e. The van der Waals surface area contributed by atoms with Gasteiger partial charge in [0.05, 0.1) is 18.6 Å². The van der Waals surface area contributed by atoms with Crippen LogP contribution in [0.15, 0.2) is 30.7 Å². The first-order valence-corrected chi connectivity index (χ1v) is 10.9. The molecule has 0 saturated heterocycles. The second-order valence-electron chi connectivity index (χ2n) is 9.59. The average Bonchev–Trinajstić information content (AvgIpc) is 2.72. The van der Waals surface area contributed by atoms with Crippen LogP contribution in [0.4, 0.5) is 22.4 Å². The number of ether oxygens (including phenoxy) is 1. The summed E-state index contributed by atoms with van der Waals surface area (Å²) in [6.07, 6.45) is 1.18. The van der Waals surface area contributed by atoms with Gasteiger partial charge in [0.25, 0.3) is 5.91 Å².